The van der Waals surface area contributed by atoms with E-state index in [0.717, 1.165) is 37.6 Å². The Labute approximate surface area is 108 Å². The van der Waals surface area contributed by atoms with Crippen LogP contribution in [-0.4, -0.2) is 36.3 Å². The first-order valence-corrected chi connectivity index (χ1v) is 6.55. The summed E-state index contributed by atoms with van der Waals surface area (Å²) in [6, 6.07) is 1.85. The number of hydrogen-bond acceptors (Lipinski definition) is 5. The van der Waals surface area contributed by atoms with E-state index >= 15 is 0 Å². The fraction of sp³-hybridized carbons (Fsp3) is 0.692. The largest absolute Gasteiger partial charge is 0.384 e. The van der Waals surface area contributed by atoms with E-state index in [2.05, 4.69) is 21.8 Å². The number of methoxy groups -OCH3 is 1. The maximum atomic E-state index is 5.83. The summed E-state index contributed by atoms with van der Waals surface area (Å²) in [6.45, 7) is 6.14. The molecule has 2 unspecified atom stereocenters. The van der Waals surface area contributed by atoms with Gasteiger partial charge >= 0.3 is 0 Å². The Kier molecular flexibility index (Phi) is 4.01. The topological polar surface area (TPSA) is 64.3 Å². The van der Waals surface area contributed by atoms with Crippen molar-refractivity contribution in [3.05, 3.63) is 11.9 Å². The van der Waals surface area contributed by atoms with E-state index in [0.29, 0.717) is 11.7 Å². The van der Waals surface area contributed by atoms with Crippen LogP contribution < -0.4 is 10.6 Å². The zero-order valence-corrected chi connectivity index (χ0v) is 11.4. The van der Waals surface area contributed by atoms with E-state index in [4.69, 9.17) is 10.5 Å². The van der Waals surface area contributed by atoms with Gasteiger partial charge in [-0.2, -0.15) is 0 Å². The number of nitrogen functional groups attached to an aromatic ring is 1. The Morgan fingerprint density at radius 2 is 2.28 bits per heavy atom. The average molecular weight is 250 g/mol. The molecule has 100 valence electrons. The van der Waals surface area contributed by atoms with Crippen molar-refractivity contribution in [3.63, 3.8) is 0 Å². The Hall–Kier alpha value is -1.36. The van der Waals surface area contributed by atoms with E-state index in [-0.39, 0.29) is 6.10 Å². The molecule has 0 aromatic carbocycles. The number of aromatic nitrogens is 2. The number of aryl methyl sites for hydroxylation is 1. The first-order chi connectivity index (χ1) is 8.63. The number of piperidine rings is 1. The van der Waals surface area contributed by atoms with Crippen molar-refractivity contribution in [1.29, 1.82) is 0 Å². The van der Waals surface area contributed by atoms with Crippen LogP contribution in [0.1, 0.15) is 26.1 Å². The summed E-state index contributed by atoms with van der Waals surface area (Å²) in [5.74, 6) is 2.87. The van der Waals surface area contributed by atoms with Gasteiger partial charge in [-0.1, -0.05) is 13.8 Å². The summed E-state index contributed by atoms with van der Waals surface area (Å²) < 4.78 is 5.53. The standard InChI is InChI=1S/C13H22N4O/c1-4-12-15-11(14)7-13(16-12)17-6-5-9(2)10(8-17)18-3/h7,9-10H,4-6,8H2,1-3H3,(H2,14,15,16). The number of hydrogen-bond donors (Lipinski definition) is 1. The third kappa shape index (κ3) is 2.72. The highest BCUT2D eigenvalue weighted by molar-refractivity contribution is 5.47. The van der Waals surface area contributed by atoms with Gasteiger partial charge in [0.1, 0.15) is 17.5 Å². The Morgan fingerprint density at radius 3 is 2.94 bits per heavy atom. The first kappa shape index (κ1) is 13.1. The highest BCUT2D eigenvalue weighted by Crippen LogP contribution is 2.24. The van der Waals surface area contributed by atoms with E-state index in [9.17, 15) is 0 Å². The lowest BCUT2D eigenvalue weighted by atomic mass is 9.96. The zero-order chi connectivity index (χ0) is 13.1. The second-order valence-electron chi connectivity index (χ2n) is 4.91. The minimum atomic E-state index is 0.264. The molecule has 1 aromatic heterocycles. The fourth-order valence-corrected chi connectivity index (χ4v) is 2.37. The summed E-state index contributed by atoms with van der Waals surface area (Å²) >= 11 is 0. The Bertz CT molecular complexity index is 410. The van der Waals surface area contributed by atoms with E-state index in [1.54, 1.807) is 7.11 Å². The van der Waals surface area contributed by atoms with Crippen molar-refractivity contribution >= 4 is 11.6 Å². The second-order valence-corrected chi connectivity index (χ2v) is 4.91. The van der Waals surface area contributed by atoms with Crippen molar-refractivity contribution in [2.45, 2.75) is 32.8 Å². The molecule has 0 aliphatic carbocycles. The van der Waals surface area contributed by atoms with Crippen LogP contribution in [-0.2, 0) is 11.2 Å². The van der Waals surface area contributed by atoms with Crippen molar-refractivity contribution in [2.24, 2.45) is 5.92 Å². The molecule has 2 rings (SSSR count). The molecule has 1 fully saturated rings. The molecule has 2 heterocycles. The third-order valence-corrected chi connectivity index (χ3v) is 3.61. The smallest absolute Gasteiger partial charge is 0.134 e. The van der Waals surface area contributed by atoms with Crippen LogP contribution in [0.2, 0.25) is 0 Å². The second kappa shape index (κ2) is 5.52. The van der Waals surface area contributed by atoms with Crippen LogP contribution in [0.15, 0.2) is 6.07 Å². The van der Waals surface area contributed by atoms with Crippen LogP contribution in [0.5, 0.6) is 0 Å². The molecule has 5 heteroatoms. The monoisotopic (exact) mass is 250 g/mol. The molecule has 2 atom stereocenters. The minimum Gasteiger partial charge on any atom is -0.384 e. The number of nitrogens with two attached hydrogens (primary N) is 1. The highest BCUT2D eigenvalue weighted by Gasteiger charge is 2.27. The Balaban J connectivity index is 2.18. The maximum Gasteiger partial charge on any atom is 0.134 e. The predicted molar refractivity (Wildman–Crippen MR) is 72.6 cm³/mol. The number of ether oxygens (including phenoxy) is 1. The van der Waals surface area contributed by atoms with Gasteiger partial charge in [0.05, 0.1) is 6.10 Å². The van der Waals surface area contributed by atoms with E-state index in [1.165, 1.54) is 0 Å². The van der Waals surface area contributed by atoms with Gasteiger partial charge in [-0.05, 0) is 12.3 Å². The lowest BCUT2D eigenvalue weighted by Crippen LogP contribution is -2.44. The van der Waals surface area contributed by atoms with Gasteiger partial charge in [0.25, 0.3) is 0 Å². The molecule has 1 aromatic rings. The maximum absolute atomic E-state index is 5.83. The van der Waals surface area contributed by atoms with Crippen LogP contribution >= 0.6 is 0 Å². The van der Waals surface area contributed by atoms with Gasteiger partial charge in [-0.25, -0.2) is 9.97 Å². The van der Waals surface area contributed by atoms with Gasteiger partial charge in [0.15, 0.2) is 0 Å². The first-order valence-electron chi connectivity index (χ1n) is 6.55. The molecule has 0 bridgehead atoms. The summed E-state index contributed by atoms with van der Waals surface area (Å²) in [5.41, 5.74) is 5.83. The van der Waals surface area contributed by atoms with E-state index in [1.807, 2.05) is 13.0 Å². The molecule has 0 saturated carbocycles. The van der Waals surface area contributed by atoms with Crippen molar-refractivity contribution in [3.8, 4) is 0 Å². The molecule has 18 heavy (non-hydrogen) atoms. The third-order valence-electron chi connectivity index (χ3n) is 3.61. The lowest BCUT2D eigenvalue weighted by Gasteiger charge is -2.37. The SMILES string of the molecule is CCc1nc(N)cc(N2CCC(C)C(OC)C2)n1. The molecule has 0 radical (unpaired) electrons. The predicted octanol–water partition coefficient (Wildman–Crippen LogP) is 1.48. The summed E-state index contributed by atoms with van der Waals surface area (Å²) in [4.78, 5) is 11.0. The number of anilines is 2. The summed E-state index contributed by atoms with van der Waals surface area (Å²) in [5, 5.41) is 0. The van der Waals surface area contributed by atoms with Crippen molar-refractivity contribution < 1.29 is 4.74 Å². The normalized spacial score (nSPS) is 24.3. The molecule has 1 aliphatic rings. The van der Waals surface area contributed by atoms with Crippen LogP contribution in [0.3, 0.4) is 0 Å². The zero-order valence-electron chi connectivity index (χ0n) is 11.4. The Morgan fingerprint density at radius 1 is 1.50 bits per heavy atom. The molecule has 5 nitrogen and oxygen atoms in total. The minimum absolute atomic E-state index is 0.264. The molecule has 1 saturated heterocycles. The highest BCUT2D eigenvalue weighted by atomic mass is 16.5. The lowest BCUT2D eigenvalue weighted by molar-refractivity contribution is 0.0496. The van der Waals surface area contributed by atoms with E-state index < -0.39 is 0 Å². The fourth-order valence-electron chi connectivity index (χ4n) is 2.37. The van der Waals surface area contributed by atoms with Crippen LogP contribution in [0.4, 0.5) is 11.6 Å². The molecular formula is C13H22N4O. The summed E-state index contributed by atoms with van der Waals surface area (Å²) in [6.07, 6.45) is 2.18. The van der Waals surface area contributed by atoms with Crippen LogP contribution in [0, 0.1) is 5.92 Å². The van der Waals surface area contributed by atoms with Crippen molar-refractivity contribution in [1.82, 2.24) is 9.97 Å². The average Bonchev–Trinajstić information content (AvgIpc) is 2.38. The van der Waals surface area contributed by atoms with Gasteiger partial charge in [-0.15, -0.1) is 0 Å². The number of nitrogens with zero attached hydrogens (tertiary/aromatic N) is 3. The molecule has 2 N–H and O–H groups in total. The van der Waals surface area contributed by atoms with Gasteiger partial charge < -0.3 is 15.4 Å². The molecular weight excluding hydrogens is 228 g/mol. The van der Waals surface area contributed by atoms with Gasteiger partial charge in [0, 0.05) is 32.7 Å². The number of rotatable bonds is 3. The molecule has 0 amide bonds. The van der Waals surface area contributed by atoms with Gasteiger partial charge in [-0.3, -0.25) is 0 Å². The molecule has 0 spiro atoms. The van der Waals surface area contributed by atoms with Crippen molar-refractivity contribution in [2.75, 3.05) is 30.8 Å². The summed E-state index contributed by atoms with van der Waals surface area (Å²) in [7, 11) is 1.77. The molecule has 1 aliphatic heterocycles. The van der Waals surface area contributed by atoms with Gasteiger partial charge in [0.2, 0.25) is 0 Å². The van der Waals surface area contributed by atoms with Crippen LogP contribution in [0.25, 0.3) is 0 Å². The quantitative estimate of drug-likeness (QED) is 0.880.